The van der Waals surface area contributed by atoms with Crippen molar-refractivity contribution >= 4 is 11.6 Å². The van der Waals surface area contributed by atoms with Gasteiger partial charge in [-0.1, -0.05) is 6.07 Å². The Morgan fingerprint density at radius 1 is 1.08 bits per heavy atom. The van der Waals surface area contributed by atoms with Crippen LogP contribution in [0, 0.1) is 0 Å². The molecule has 0 aromatic heterocycles. The summed E-state index contributed by atoms with van der Waals surface area (Å²) < 4.78 is 22.5. The molecule has 2 aromatic rings. The van der Waals surface area contributed by atoms with Crippen LogP contribution in [0.2, 0.25) is 0 Å². The molecular formula is C27H35N3O6. The average molecular weight is 498 g/mol. The first-order valence-corrected chi connectivity index (χ1v) is 12.3. The van der Waals surface area contributed by atoms with Gasteiger partial charge in [-0.3, -0.25) is 14.5 Å². The number of rotatable bonds is 8. The Bertz CT molecular complexity index is 1160. The molecular weight excluding hydrogens is 462 g/mol. The Hall–Kier alpha value is -3.30. The van der Waals surface area contributed by atoms with Gasteiger partial charge in [-0.25, -0.2) is 0 Å². The molecule has 1 fully saturated rings. The molecule has 0 saturated carbocycles. The summed E-state index contributed by atoms with van der Waals surface area (Å²) in [6.07, 6.45) is 1.29. The number of fused-ring (bicyclic) bond motifs is 3. The van der Waals surface area contributed by atoms with Gasteiger partial charge >= 0.3 is 0 Å². The number of ether oxygens (including phenoxy) is 4. The SMILES string of the molecule is COc1cc2c(c(OC)c1OC)-c1ccc(NCCN3CCOCC3)c(=O)cc1[C@H](NC(C)=O)CC2. The number of hydrogen-bond acceptors (Lipinski definition) is 8. The van der Waals surface area contributed by atoms with Crippen LogP contribution in [0.15, 0.2) is 29.1 Å². The predicted octanol–water partition coefficient (Wildman–Crippen LogP) is 2.61. The Morgan fingerprint density at radius 3 is 2.50 bits per heavy atom. The van der Waals surface area contributed by atoms with E-state index in [4.69, 9.17) is 18.9 Å². The number of carbonyl (C=O) groups is 1. The summed E-state index contributed by atoms with van der Waals surface area (Å²) >= 11 is 0. The maximum atomic E-state index is 13.3. The van der Waals surface area contributed by atoms with E-state index >= 15 is 0 Å². The van der Waals surface area contributed by atoms with E-state index in [0.29, 0.717) is 42.3 Å². The number of carbonyl (C=O) groups excluding carboxylic acids is 1. The van der Waals surface area contributed by atoms with E-state index < -0.39 is 0 Å². The largest absolute Gasteiger partial charge is 0.493 e. The van der Waals surface area contributed by atoms with E-state index in [1.54, 1.807) is 27.4 Å². The zero-order chi connectivity index (χ0) is 25.7. The molecule has 4 rings (SSSR count). The highest BCUT2D eigenvalue weighted by Crippen LogP contribution is 2.50. The summed E-state index contributed by atoms with van der Waals surface area (Å²) in [7, 11) is 4.75. The van der Waals surface area contributed by atoms with Crippen molar-refractivity contribution in [1.82, 2.24) is 10.2 Å². The van der Waals surface area contributed by atoms with Crippen molar-refractivity contribution in [2.24, 2.45) is 0 Å². The third-order valence-electron chi connectivity index (χ3n) is 6.76. The van der Waals surface area contributed by atoms with E-state index in [2.05, 4.69) is 15.5 Å². The first-order valence-electron chi connectivity index (χ1n) is 12.3. The van der Waals surface area contributed by atoms with Gasteiger partial charge in [0.1, 0.15) is 0 Å². The second-order valence-electron chi connectivity index (χ2n) is 8.98. The molecule has 0 spiro atoms. The van der Waals surface area contributed by atoms with Crippen molar-refractivity contribution in [2.45, 2.75) is 25.8 Å². The number of benzene rings is 1. The lowest BCUT2D eigenvalue weighted by atomic mass is 9.95. The van der Waals surface area contributed by atoms with Crippen LogP contribution < -0.4 is 30.3 Å². The lowest BCUT2D eigenvalue weighted by molar-refractivity contribution is -0.119. The van der Waals surface area contributed by atoms with Gasteiger partial charge in [-0.15, -0.1) is 0 Å². The Balaban J connectivity index is 1.79. The lowest BCUT2D eigenvalue weighted by Crippen LogP contribution is -2.39. The zero-order valence-electron chi connectivity index (χ0n) is 21.4. The Kier molecular flexibility index (Phi) is 8.32. The molecule has 1 atom stereocenters. The number of hydrogen-bond donors (Lipinski definition) is 2. The van der Waals surface area contributed by atoms with Crippen molar-refractivity contribution in [2.75, 3.05) is 66.0 Å². The number of methoxy groups -OCH3 is 3. The van der Waals surface area contributed by atoms with Crippen LogP contribution in [0.5, 0.6) is 17.2 Å². The molecule has 0 bridgehead atoms. The van der Waals surface area contributed by atoms with Gasteiger partial charge in [0.05, 0.1) is 46.3 Å². The molecule has 1 heterocycles. The summed E-state index contributed by atoms with van der Waals surface area (Å²) in [5.74, 6) is 1.45. The molecule has 1 amide bonds. The van der Waals surface area contributed by atoms with Crippen LogP contribution in [0.4, 0.5) is 5.69 Å². The average Bonchev–Trinajstić information content (AvgIpc) is 3.12. The van der Waals surface area contributed by atoms with E-state index in [1.807, 2.05) is 18.2 Å². The molecule has 2 aromatic carbocycles. The van der Waals surface area contributed by atoms with Crippen LogP contribution in [-0.4, -0.2) is 71.5 Å². The van der Waals surface area contributed by atoms with Gasteiger partial charge in [0, 0.05) is 38.7 Å². The molecule has 1 saturated heterocycles. The molecule has 2 N–H and O–H groups in total. The van der Waals surface area contributed by atoms with Crippen molar-refractivity contribution in [1.29, 1.82) is 0 Å². The molecule has 0 radical (unpaired) electrons. The van der Waals surface area contributed by atoms with Crippen molar-refractivity contribution < 1.29 is 23.7 Å². The lowest BCUT2D eigenvalue weighted by Gasteiger charge is -2.26. The first kappa shape index (κ1) is 25.8. The number of nitrogens with zero attached hydrogens (tertiary/aromatic N) is 1. The van der Waals surface area contributed by atoms with Crippen LogP contribution in [0.25, 0.3) is 11.1 Å². The van der Waals surface area contributed by atoms with Crippen molar-refractivity contribution in [3.8, 4) is 28.4 Å². The molecule has 194 valence electrons. The Morgan fingerprint density at radius 2 is 1.83 bits per heavy atom. The fourth-order valence-electron chi connectivity index (χ4n) is 5.03. The summed E-state index contributed by atoms with van der Waals surface area (Å²) in [6.45, 7) is 6.21. The van der Waals surface area contributed by atoms with Gasteiger partial charge < -0.3 is 29.6 Å². The summed E-state index contributed by atoms with van der Waals surface area (Å²) in [5, 5.41) is 6.34. The predicted molar refractivity (Wildman–Crippen MR) is 138 cm³/mol. The first-order chi connectivity index (χ1) is 17.5. The maximum Gasteiger partial charge on any atom is 0.217 e. The second-order valence-corrected chi connectivity index (χ2v) is 8.98. The third-order valence-corrected chi connectivity index (χ3v) is 6.76. The molecule has 9 nitrogen and oxygen atoms in total. The molecule has 1 aliphatic carbocycles. The van der Waals surface area contributed by atoms with Crippen molar-refractivity contribution in [3.63, 3.8) is 0 Å². The minimum absolute atomic E-state index is 0.128. The number of anilines is 1. The molecule has 36 heavy (non-hydrogen) atoms. The van der Waals surface area contributed by atoms with Gasteiger partial charge in [0.2, 0.25) is 17.1 Å². The van der Waals surface area contributed by atoms with Crippen molar-refractivity contribution in [3.05, 3.63) is 45.6 Å². The van der Waals surface area contributed by atoms with Crippen LogP contribution in [0.1, 0.15) is 30.5 Å². The van der Waals surface area contributed by atoms with Crippen LogP contribution in [0.3, 0.4) is 0 Å². The van der Waals surface area contributed by atoms with E-state index in [0.717, 1.165) is 55.1 Å². The highest BCUT2D eigenvalue weighted by Gasteiger charge is 2.29. The van der Waals surface area contributed by atoms with Gasteiger partial charge in [-0.2, -0.15) is 0 Å². The standard InChI is InChI=1S/C27H35N3O6/c1-17(31)29-21-7-5-18-15-24(33-2)26(34-3)27(35-4)25(18)19-6-8-22(23(32)16-20(19)21)28-9-10-30-11-13-36-14-12-30/h6,8,15-16,21H,5,7,9-14H2,1-4H3,(H,28,32)(H,29,31)/t21-/m1/s1. The van der Waals surface area contributed by atoms with E-state index in [-0.39, 0.29) is 17.4 Å². The summed E-state index contributed by atoms with van der Waals surface area (Å²) in [4.78, 5) is 27.7. The van der Waals surface area contributed by atoms with Crippen LogP contribution >= 0.6 is 0 Å². The van der Waals surface area contributed by atoms with Gasteiger partial charge in [0.25, 0.3) is 0 Å². The minimum Gasteiger partial charge on any atom is -0.493 e. The Labute approximate surface area is 211 Å². The highest BCUT2D eigenvalue weighted by molar-refractivity contribution is 5.83. The fourth-order valence-corrected chi connectivity index (χ4v) is 5.03. The third kappa shape index (κ3) is 5.42. The maximum absolute atomic E-state index is 13.3. The topological polar surface area (TPSA) is 98.4 Å². The van der Waals surface area contributed by atoms with Gasteiger partial charge in [0.15, 0.2) is 11.5 Å². The van der Waals surface area contributed by atoms with Gasteiger partial charge in [-0.05, 0) is 47.7 Å². The van der Waals surface area contributed by atoms with E-state index in [9.17, 15) is 9.59 Å². The number of nitrogens with one attached hydrogen (secondary N) is 2. The molecule has 2 aliphatic rings. The smallest absolute Gasteiger partial charge is 0.217 e. The highest BCUT2D eigenvalue weighted by atomic mass is 16.5. The quantitative estimate of drug-likeness (QED) is 0.575. The second kappa shape index (κ2) is 11.6. The minimum atomic E-state index is -0.326. The zero-order valence-corrected chi connectivity index (χ0v) is 21.4. The summed E-state index contributed by atoms with van der Waals surface area (Å²) in [5.41, 5.74) is 3.79. The normalized spacial score (nSPS) is 17.3. The molecule has 1 aliphatic heterocycles. The fraction of sp³-hybridized carbons (Fsp3) is 0.481. The summed E-state index contributed by atoms with van der Waals surface area (Å²) in [6, 6.07) is 7.01. The number of amides is 1. The number of morpholine rings is 1. The monoisotopic (exact) mass is 497 g/mol. The van der Waals surface area contributed by atoms with Crippen LogP contribution in [-0.2, 0) is 16.0 Å². The number of aryl methyl sites for hydroxylation is 1. The molecule has 9 heteroatoms. The van der Waals surface area contributed by atoms with E-state index in [1.165, 1.54) is 6.92 Å². The molecule has 0 unspecified atom stereocenters.